The number of hydrogen-bond acceptors (Lipinski definition) is 2. The quantitative estimate of drug-likeness (QED) is 0.898. The summed E-state index contributed by atoms with van der Waals surface area (Å²) in [6.45, 7) is 3.40. The van der Waals surface area contributed by atoms with Gasteiger partial charge in [0.05, 0.1) is 5.69 Å². The van der Waals surface area contributed by atoms with Crippen molar-refractivity contribution in [3.05, 3.63) is 59.2 Å². The first kappa shape index (κ1) is 15.0. The number of carbonyl (C=O) groups is 1. The van der Waals surface area contributed by atoms with Gasteiger partial charge < -0.3 is 10.6 Å². The number of amides is 1. The Labute approximate surface area is 122 Å². The van der Waals surface area contributed by atoms with E-state index in [2.05, 4.69) is 10.6 Å². The summed E-state index contributed by atoms with van der Waals surface area (Å²) in [7, 11) is 0. The van der Waals surface area contributed by atoms with E-state index in [1.165, 1.54) is 31.2 Å². The summed E-state index contributed by atoms with van der Waals surface area (Å²) in [5.74, 6) is -1.04. The molecule has 2 N–H and O–H groups in total. The lowest BCUT2D eigenvalue weighted by molar-refractivity contribution is -0.114. The molecule has 0 spiro atoms. The molecular weight excluding hydrogens is 274 g/mol. The third-order valence-electron chi connectivity index (χ3n) is 2.96. The van der Waals surface area contributed by atoms with E-state index in [4.69, 9.17) is 0 Å². The molecule has 0 saturated heterocycles. The first-order chi connectivity index (χ1) is 9.95. The largest absolute Gasteiger partial charge is 0.378 e. The molecule has 0 heterocycles. The summed E-state index contributed by atoms with van der Waals surface area (Å²) in [6, 6.07) is 8.96. The fourth-order valence-electron chi connectivity index (χ4n) is 1.97. The Morgan fingerprint density at radius 2 is 1.81 bits per heavy atom. The molecule has 0 saturated carbocycles. The first-order valence-corrected chi connectivity index (χ1v) is 6.52. The van der Waals surface area contributed by atoms with Crippen LogP contribution in [0.15, 0.2) is 36.4 Å². The van der Waals surface area contributed by atoms with Crippen LogP contribution in [0.4, 0.5) is 20.2 Å². The molecule has 2 aromatic rings. The first-order valence-electron chi connectivity index (χ1n) is 6.52. The van der Waals surface area contributed by atoms with Gasteiger partial charge in [0.1, 0.15) is 11.6 Å². The maximum absolute atomic E-state index is 13.7. The Hall–Kier alpha value is -2.43. The standard InChI is InChI=1S/C16H16F2N2O/c1-10-3-5-14(17)12(7-10)9-19-16-8-13(20-11(2)21)4-6-15(16)18/h3-8,19H,9H2,1-2H3,(H,20,21). The lowest BCUT2D eigenvalue weighted by Crippen LogP contribution is -2.08. The second-order valence-electron chi connectivity index (χ2n) is 4.82. The lowest BCUT2D eigenvalue weighted by Gasteiger charge is -2.11. The van der Waals surface area contributed by atoms with Crippen molar-refractivity contribution in [3.63, 3.8) is 0 Å². The minimum atomic E-state index is -0.461. The number of carbonyl (C=O) groups excluding carboxylic acids is 1. The highest BCUT2D eigenvalue weighted by Gasteiger charge is 2.07. The summed E-state index contributed by atoms with van der Waals surface area (Å²) in [6.07, 6.45) is 0. The van der Waals surface area contributed by atoms with Crippen molar-refractivity contribution in [1.29, 1.82) is 0 Å². The van der Waals surface area contributed by atoms with Gasteiger partial charge in [-0.15, -0.1) is 0 Å². The Balaban J connectivity index is 2.15. The van der Waals surface area contributed by atoms with Gasteiger partial charge in [-0.1, -0.05) is 17.7 Å². The van der Waals surface area contributed by atoms with E-state index < -0.39 is 5.82 Å². The van der Waals surface area contributed by atoms with Crippen molar-refractivity contribution < 1.29 is 13.6 Å². The van der Waals surface area contributed by atoms with Crippen LogP contribution in [0.25, 0.3) is 0 Å². The molecule has 2 aromatic carbocycles. The summed E-state index contributed by atoms with van der Waals surface area (Å²) in [5, 5.41) is 5.42. The van der Waals surface area contributed by atoms with Crippen molar-refractivity contribution >= 4 is 17.3 Å². The molecular formula is C16H16F2N2O. The van der Waals surface area contributed by atoms with Gasteiger partial charge in [-0.05, 0) is 31.2 Å². The maximum atomic E-state index is 13.7. The van der Waals surface area contributed by atoms with Gasteiger partial charge in [-0.25, -0.2) is 8.78 Å². The molecule has 0 bridgehead atoms. The molecule has 110 valence electrons. The highest BCUT2D eigenvalue weighted by Crippen LogP contribution is 2.21. The van der Waals surface area contributed by atoms with E-state index in [1.807, 2.05) is 6.92 Å². The van der Waals surface area contributed by atoms with Crippen molar-refractivity contribution in [3.8, 4) is 0 Å². The SMILES string of the molecule is CC(=O)Nc1ccc(F)c(NCc2cc(C)ccc2F)c1. The monoisotopic (exact) mass is 290 g/mol. The average Bonchev–Trinajstić information content (AvgIpc) is 2.42. The van der Waals surface area contributed by atoms with Gasteiger partial charge in [0.2, 0.25) is 5.91 Å². The number of hydrogen-bond donors (Lipinski definition) is 2. The zero-order chi connectivity index (χ0) is 15.4. The molecule has 0 aromatic heterocycles. The van der Waals surface area contributed by atoms with E-state index >= 15 is 0 Å². The number of halogens is 2. The molecule has 21 heavy (non-hydrogen) atoms. The van der Waals surface area contributed by atoms with Gasteiger partial charge >= 0.3 is 0 Å². The molecule has 0 radical (unpaired) electrons. The number of rotatable bonds is 4. The minimum absolute atomic E-state index is 0.161. The second kappa shape index (κ2) is 6.35. The third kappa shape index (κ3) is 4.02. The Bertz CT molecular complexity index is 671. The van der Waals surface area contributed by atoms with Gasteiger partial charge in [-0.2, -0.15) is 0 Å². The fourth-order valence-corrected chi connectivity index (χ4v) is 1.97. The predicted molar refractivity (Wildman–Crippen MR) is 79.2 cm³/mol. The molecule has 0 unspecified atom stereocenters. The molecule has 0 atom stereocenters. The summed E-state index contributed by atoms with van der Waals surface area (Å²) in [5.41, 5.74) is 2.08. The van der Waals surface area contributed by atoms with Crippen LogP contribution in [-0.4, -0.2) is 5.91 Å². The zero-order valence-corrected chi connectivity index (χ0v) is 11.8. The molecule has 0 aliphatic rings. The Kier molecular flexibility index (Phi) is 4.52. The van der Waals surface area contributed by atoms with Crippen LogP contribution in [0.3, 0.4) is 0 Å². The van der Waals surface area contributed by atoms with E-state index in [0.29, 0.717) is 11.3 Å². The smallest absolute Gasteiger partial charge is 0.221 e. The summed E-state index contributed by atoms with van der Waals surface area (Å²) < 4.78 is 27.4. The summed E-state index contributed by atoms with van der Waals surface area (Å²) in [4.78, 5) is 11.0. The van der Waals surface area contributed by atoms with E-state index in [9.17, 15) is 13.6 Å². The van der Waals surface area contributed by atoms with E-state index in [0.717, 1.165) is 5.56 Å². The molecule has 3 nitrogen and oxygen atoms in total. The topological polar surface area (TPSA) is 41.1 Å². The van der Waals surface area contributed by atoms with E-state index in [-0.39, 0.29) is 24.0 Å². The van der Waals surface area contributed by atoms with Gasteiger partial charge in [0.25, 0.3) is 0 Å². The molecule has 0 aliphatic heterocycles. The van der Waals surface area contributed by atoms with E-state index in [1.54, 1.807) is 12.1 Å². The van der Waals surface area contributed by atoms with Crippen LogP contribution in [0.1, 0.15) is 18.1 Å². The van der Waals surface area contributed by atoms with Crippen molar-refractivity contribution in [2.24, 2.45) is 0 Å². The highest BCUT2D eigenvalue weighted by molar-refractivity contribution is 5.89. The van der Waals surface area contributed by atoms with Crippen LogP contribution in [0, 0.1) is 18.6 Å². The Morgan fingerprint density at radius 3 is 2.52 bits per heavy atom. The number of nitrogens with one attached hydrogen (secondary N) is 2. The highest BCUT2D eigenvalue weighted by atomic mass is 19.1. The van der Waals surface area contributed by atoms with Crippen LogP contribution in [-0.2, 0) is 11.3 Å². The third-order valence-corrected chi connectivity index (χ3v) is 2.96. The van der Waals surface area contributed by atoms with Gasteiger partial charge in [0.15, 0.2) is 0 Å². The number of aryl methyl sites for hydroxylation is 1. The second-order valence-corrected chi connectivity index (χ2v) is 4.82. The molecule has 0 fully saturated rings. The molecule has 5 heteroatoms. The number of benzene rings is 2. The predicted octanol–water partition coefficient (Wildman–Crippen LogP) is 3.84. The molecule has 2 rings (SSSR count). The van der Waals surface area contributed by atoms with Crippen molar-refractivity contribution in [2.45, 2.75) is 20.4 Å². The van der Waals surface area contributed by atoms with Gasteiger partial charge in [0, 0.05) is 24.7 Å². The molecule has 0 aliphatic carbocycles. The fraction of sp³-hybridized carbons (Fsp3) is 0.188. The average molecular weight is 290 g/mol. The summed E-state index contributed by atoms with van der Waals surface area (Å²) >= 11 is 0. The maximum Gasteiger partial charge on any atom is 0.221 e. The van der Waals surface area contributed by atoms with Gasteiger partial charge in [-0.3, -0.25) is 4.79 Å². The van der Waals surface area contributed by atoms with Crippen LogP contribution >= 0.6 is 0 Å². The van der Waals surface area contributed by atoms with Crippen molar-refractivity contribution in [1.82, 2.24) is 0 Å². The van der Waals surface area contributed by atoms with Crippen molar-refractivity contribution in [2.75, 3.05) is 10.6 Å². The van der Waals surface area contributed by atoms with Crippen LogP contribution in [0.2, 0.25) is 0 Å². The number of anilines is 2. The Morgan fingerprint density at radius 1 is 1.10 bits per heavy atom. The lowest BCUT2D eigenvalue weighted by atomic mass is 10.1. The van der Waals surface area contributed by atoms with Crippen LogP contribution in [0.5, 0.6) is 0 Å². The molecule has 1 amide bonds. The van der Waals surface area contributed by atoms with Crippen LogP contribution < -0.4 is 10.6 Å². The zero-order valence-electron chi connectivity index (χ0n) is 11.8. The minimum Gasteiger partial charge on any atom is -0.378 e. The normalized spacial score (nSPS) is 10.3.